The van der Waals surface area contributed by atoms with E-state index in [9.17, 15) is 0 Å². The smallest absolute Gasteiger partial charge is 0.161 e. The molecule has 1 aromatic rings. The summed E-state index contributed by atoms with van der Waals surface area (Å²) in [6.45, 7) is 9.77. The van der Waals surface area contributed by atoms with Crippen LogP contribution in [0.1, 0.15) is 51.9 Å². The first-order valence-corrected chi connectivity index (χ1v) is 6.94. The van der Waals surface area contributed by atoms with E-state index in [-0.39, 0.29) is 0 Å². The third-order valence-corrected chi connectivity index (χ3v) is 3.83. The zero-order chi connectivity index (χ0) is 13.3. The van der Waals surface area contributed by atoms with E-state index < -0.39 is 0 Å². The van der Waals surface area contributed by atoms with Crippen molar-refractivity contribution in [2.75, 3.05) is 13.7 Å². The van der Waals surface area contributed by atoms with Crippen LogP contribution in [0.4, 0.5) is 0 Å². The van der Waals surface area contributed by atoms with Crippen molar-refractivity contribution in [2.24, 2.45) is 11.8 Å². The summed E-state index contributed by atoms with van der Waals surface area (Å²) >= 11 is 0. The monoisotopic (exact) mass is 251 g/mol. The molecule has 1 aromatic heterocycles. The van der Waals surface area contributed by atoms with Gasteiger partial charge in [0.2, 0.25) is 0 Å². The first-order valence-electron chi connectivity index (χ1n) is 6.94. The van der Waals surface area contributed by atoms with Crippen LogP contribution in [0.2, 0.25) is 0 Å². The van der Waals surface area contributed by atoms with Crippen molar-refractivity contribution in [3.05, 3.63) is 11.9 Å². The molecule has 0 amide bonds. The lowest BCUT2D eigenvalue weighted by Gasteiger charge is -2.22. The van der Waals surface area contributed by atoms with Crippen LogP contribution in [0.25, 0.3) is 0 Å². The molecule has 4 heteroatoms. The molecule has 0 saturated heterocycles. The Hall–Kier alpha value is -1.03. The van der Waals surface area contributed by atoms with Gasteiger partial charge in [-0.05, 0) is 38.6 Å². The second-order valence-electron chi connectivity index (χ2n) is 5.55. The van der Waals surface area contributed by atoms with Gasteiger partial charge in [0, 0.05) is 6.04 Å². The molecule has 0 spiro atoms. The van der Waals surface area contributed by atoms with Gasteiger partial charge < -0.3 is 10.1 Å². The molecule has 0 radical (unpaired) electrons. The largest absolute Gasteiger partial charge is 0.493 e. The van der Waals surface area contributed by atoms with Gasteiger partial charge in [-0.3, -0.25) is 4.68 Å². The van der Waals surface area contributed by atoms with Crippen LogP contribution < -0.4 is 10.1 Å². The standard InChI is InChI=1S/C14H25N3O/c1-6-15-13(11-7-10(11)4)14-12(18-5)8-16-17(14)9(2)3/h8-11,13,15H,6-7H2,1-5H3. The number of hydrogen-bond acceptors (Lipinski definition) is 3. The average molecular weight is 251 g/mol. The summed E-state index contributed by atoms with van der Waals surface area (Å²) < 4.78 is 7.59. The molecule has 3 unspecified atom stereocenters. The molecule has 1 aliphatic rings. The van der Waals surface area contributed by atoms with E-state index in [2.05, 4.69) is 42.8 Å². The first kappa shape index (κ1) is 13.4. The highest BCUT2D eigenvalue weighted by Gasteiger charge is 2.42. The van der Waals surface area contributed by atoms with Crippen molar-refractivity contribution in [3.63, 3.8) is 0 Å². The van der Waals surface area contributed by atoms with Gasteiger partial charge in [-0.2, -0.15) is 5.10 Å². The summed E-state index contributed by atoms with van der Waals surface area (Å²) in [4.78, 5) is 0. The Morgan fingerprint density at radius 3 is 2.67 bits per heavy atom. The molecule has 2 rings (SSSR count). The Balaban J connectivity index is 2.35. The topological polar surface area (TPSA) is 39.1 Å². The van der Waals surface area contributed by atoms with Gasteiger partial charge in [-0.1, -0.05) is 13.8 Å². The third kappa shape index (κ3) is 2.39. The van der Waals surface area contributed by atoms with E-state index in [1.54, 1.807) is 7.11 Å². The van der Waals surface area contributed by atoms with E-state index in [0.29, 0.717) is 18.0 Å². The molecule has 1 heterocycles. The Morgan fingerprint density at radius 2 is 2.22 bits per heavy atom. The maximum atomic E-state index is 5.49. The van der Waals surface area contributed by atoms with Crippen LogP contribution in [0, 0.1) is 11.8 Å². The highest BCUT2D eigenvalue weighted by Crippen LogP contribution is 2.48. The molecule has 1 aliphatic carbocycles. The minimum Gasteiger partial charge on any atom is -0.493 e. The van der Waals surface area contributed by atoms with Crippen LogP contribution in [-0.4, -0.2) is 23.4 Å². The summed E-state index contributed by atoms with van der Waals surface area (Å²) in [5.74, 6) is 2.43. The fraction of sp³-hybridized carbons (Fsp3) is 0.786. The lowest BCUT2D eigenvalue weighted by molar-refractivity contribution is 0.368. The van der Waals surface area contributed by atoms with E-state index in [0.717, 1.165) is 18.2 Å². The molecule has 1 N–H and O–H groups in total. The number of nitrogens with zero attached hydrogens (tertiary/aromatic N) is 2. The van der Waals surface area contributed by atoms with Gasteiger partial charge in [0.25, 0.3) is 0 Å². The Kier molecular flexibility index (Phi) is 3.95. The molecule has 18 heavy (non-hydrogen) atoms. The molecule has 3 atom stereocenters. The summed E-state index contributed by atoms with van der Waals surface area (Å²) in [6, 6.07) is 0.726. The van der Waals surface area contributed by atoms with E-state index in [1.165, 1.54) is 12.1 Å². The van der Waals surface area contributed by atoms with Crippen molar-refractivity contribution in [3.8, 4) is 5.75 Å². The zero-order valence-corrected chi connectivity index (χ0v) is 12.1. The lowest BCUT2D eigenvalue weighted by Crippen LogP contribution is -2.27. The summed E-state index contributed by atoms with van der Waals surface area (Å²) in [7, 11) is 1.73. The Bertz CT molecular complexity index is 400. The highest BCUT2D eigenvalue weighted by atomic mass is 16.5. The zero-order valence-electron chi connectivity index (χ0n) is 12.1. The Morgan fingerprint density at radius 1 is 1.56 bits per heavy atom. The van der Waals surface area contributed by atoms with Crippen molar-refractivity contribution in [2.45, 2.75) is 46.2 Å². The number of rotatable bonds is 6. The van der Waals surface area contributed by atoms with E-state index in [1.807, 2.05) is 6.20 Å². The maximum Gasteiger partial charge on any atom is 0.161 e. The summed E-state index contributed by atoms with van der Waals surface area (Å²) in [5, 5.41) is 8.08. The third-order valence-electron chi connectivity index (χ3n) is 3.83. The fourth-order valence-corrected chi connectivity index (χ4v) is 2.71. The van der Waals surface area contributed by atoms with Crippen LogP contribution in [-0.2, 0) is 0 Å². The van der Waals surface area contributed by atoms with Crippen LogP contribution in [0.3, 0.4) is 0 Å². The highest BCUT2D eigenvalue weighted by molar-refractivity contribution is 5.30. The predicted octanol–water partition coefficient (Wildman–Crippen LogP) is 2.78. The number of ether oxygens (including phenoxy) is 1. The molecule has 102 valence electrons. The van der Waals surface area contributed by atoms with Gasteiger partial charge >= 0.3 is 0 Å². The predicted molar refractivity (Wildman–Crippen MR) is 72.9 cm³/mol. The number of methoxy groups -OCH3 is 1. The number of nitrogens with one attached hydrogen (secondary N) is 1. The number of aromatic nitrogens is 2. The molecule has 0 bridgehead atoms. The average Bonchev–Trinajstić information content (AvgIpc) is 2.91. The van der Waals surface area contributed by atoms with Gasteiger partial charge in [-0.15, -0.1) is 0 Å². The quantitative estimate of drug-likeness (QED) is 0.845. The number of hydrogen-bond donors (Lipinski definition) is 1. The van der Waals surface area contributed by atoms with Crippen molar-refractivity contribution in [1.82, 2.24) is 15.1 Å². The first-order chi connectivity index (χ1) is 8.60. The van der Waals surface area contributed by atoms with Gasteiger partial charge in [-0.25, -0.2) is 0 Å². The molecule has 1 fully saturated rings. The second-order valence-corrected chi connectivity index (χ2v) is 5.55. The van der Waals surface area contributed by atoms with E-state index in [4.69, 9.17) is 4.74 Å². The SMILES string of the molecule is CCNC(c1c(OC)cnn1C(C)C)C1CC1C. The van der Waals surface area contributed by atoms with Crippen LogP contribution >= 0.6 is 0 Å². The lowest BCUT2D eigenvalue weighted by atomic mass is 10.1. The van der Waals surface area contributed by atoms with E-state index >= 15 is 0 Å². The van der Waals surface area contributed by atoms with Crippen molar-refractivity contribution in [1.29, 1.82) is 0 Å². The minimum absolute atomic E-state index is 0.360. The van der Waals surface area contributed by atoms with Crippen LogP contribution in [0.5, 0.6) is 5.75 Å². The molecule has 0 aromatic carbocycles. The van der Waals surface area contributed by atoms with Gasteiger partial charge in [0.05, 0.1) is 25.0 Å². The maximum absolute atomic E-state index is 5.49. The Labute approximate surface area is 110 Å². The summed E-state index contributed by atoms with van der Waals surface area (Å²) in [5.41, 5.74) is 1.21. The molecule has 4 nitrogen and oxygen atoms in total. The molecular weight excluding hydrogens is 226 g/mol. The summed E-state index contributed by atoms with van der Waals surface area (Å²) in [6.07, 6.45) is 3.14. The van der Waals surface area contributed by atoms with Crippen LogP contribution in [0.15, 0.2) is 6.20 Å². The molecule has 1 saturated carbocycles. The van der Waals surface area contributed by atoms with Gasteiger partial charge in [0.15, 0.2) is 5.75 Å². The van der Waals surface area contributed by atoms with Crippen molar-refractivity contribution < 1.29 is 4.74 Å². The normalized spacial score (nSPS) is 24.3. The second kappa shape index (κ2) is 5.31. The fourth-order valence-electron chi connectivity index (χ4n) is 2.71. The minimum atomic E-state index is 0.360. The molecular formula is C14H25N3O. The van der Waals surface area contributed by atoms with Gasteiger partial charge in [0.1, 0.15) is 0 Å². The molecule has 0 aliphatic heterocycles. The van der Waals surface area contributed by atoms with Crippen molar-refractivity contribution >= 4 is 0 Å².